The first-order valence-corrected chi connectivity index (χ1v) is 7.61. The predicted octanol–water partition coefficient (Wildman–Crippen LogP) is 3.66. The third-order valence-electron chi connectivity index (χ3n) is 3.39. The minimum Gasteiger partial charge on any atom is -0.497 e. The third-order valence-corrected chi connectivity index (χ3v) is 3.62. The van der Waals surface area contributed by atoms with Gasteiger partial charge in [0, 0.05) is 10.6 Å². The Balaban J connectivity index is 1.79. The maximum absolute atomic E-state index is 12.4. The normalized spacial score (nSPS) is 10.4. The lowest BCUT2D eigenvalue weighted by molar-refractivity contribution is 0.102. The molecule has 0 aliphatic rings. The number of nitrogens with one attached hydrogen (secondary N) is 1. The van der Waals surface area contributed by atoms with Crippen molar-refractivity contribution in [3.63, 3.8) is 0 Å². The lowest BCUT2D eigenvalue weighted by atomic mass is 10.2. The number of halogens is 1. The molecule has 0 fully saturated rings. The SMILES string of the molecule is COc1ccc(-c2nnc(NC(=O)c3cc(Cl)ccc3OC)o2)cc1. The highest BCUT2D eigenvalue weighted by molar-refractivity contribution is 6.31. The molecule has 0 radical (unpaired) electrons. The van der Waals surface area contributed by atoms with Gasteiger partial charge in [-0.3, -0.25) is 10.1 Å². The van der Waals surface area contributed by atoms with Crippen LogP contribution in [-0.2, 0) is 0 Å². The molecule has 1 N–H and O–H groups in total. The Morgan fingerprint density at radius 2 is 1.84 bits per heavy atom. The molecule has 0 saturated carbocycles. The highest BCUT2D eigenvalue weighted by Gasteiger charge is 2.17. The van der Waals surface area contributed by atoms with Gasteiger partial charge in [-0.15, -0.1) is 5.10 Å². The van der Waals surface area contributed by atoms with Crippen LogP contribution >= 0.6 is 11.6 Å². The van der Waals surface area contributed by atoms with Gasteiger partial charge in [0.1, 0.15) is 11.5 Å². The standard InChI is InChI=1S/C17H14ClN3O4/c1-23-12-6-3-10(4-7-12)16-20-21-17(25-16)19-15(22)13-9-11(18)5-8-14(13)24-2/h3-9H,1-2H3,(H,19,21,22). The van der Waals surface area contributed by atoms with Crippen LogP contribution in [-0.4, -0.2) is 30.3 Å². The van der Waals surface area contributed by atoms with E-state index in [1.807, 2.05) is 0 Å². The van der Waals surface area contributed by atoms with Crippen molar-refractivity contribution in [2.45, 2.75) is 0 Å². The van der Waals surface area contributed by atoms with E-state index in [0.717, 1.165) is 0 Å². The zero-order chi connectivity index (χ0) is 17.8. The van der Waals surface area contributed by atoms with E-state index in [1.165, 1.54) is 13.2 Å². The lowest BCUT2D eigenvalue weighted by Crippen LogP contribution is -2.13. The van der Waals surface area contributed by atoms with E-state index in [0.29, 0.717) is 22.1 Å². The highest BCUT2D eigenvalue weighted by Crippen LogP contribution is 2.25. The fraction of sp³-hybridized carbons (Fsp3) is 0.118. The molecule has 1 aromatic heterocycles. The monoisotopic (exact) mass is 359 g/mol. The number of aromatic nitrogens is 2. The molecule has 0 unspecified atom stereocenters. The van der Waals surface area contributed by atoms with Gasteiger partial charge in [-0.05, 0) is 42.5 Å². The number of carbonyl (C=O) groups excluding carboxylic acids is 1. The molecule has 1 heterocycles. The van der Waals surface area contributed by atoms with Crippen molar-refractivity contribution in [2.75, 3.05) is 19.5 Å². The topological polar surface area (TPSA) is 86.5 Å². The number of ether oxygens (including phenoxy) is 2. The summed E-state index contributed by atoms with van der Waals surface area (Å²) in [5, 5.41) is 10.7. The number of carbonyl (C=O) groups is 1. The quantitative estimate of drug-likeness (QED) is 0.748. The lowest BCUT2D eigenvalue weighted by Gasteiger charge is -2.07. The van der Waals surface area contributed by atoms with Crippen LogP contribution in [0.5, 0.6) is 11.5 Å². The first-order valence-electron chi connectivity index (χ1n) is 7.23. The largest absolute Gasteiger partial charge is 0.497 e. The number of amides is 1. The zero-order valence-electron chi connectivity index (χ0n) is 13.4. The second-order valence-electron chi connectivity index (χ2n) is 4.94. The van der Waals surface area contributed by atoms with E-state index in [1.54, 1.807) is 43.5 Å². The smallest absolute Gasteiger partial charge is 0.322 e. The number of nitrogens with zero attached hydrogens (tertiary/aromatic N) is 2. The molecular formula is C17H14ClN3O4. The van der Waals surface area contributed by atoms with Crippen LogP contribution in [0.3, 0.4) is 0 Å². The highest BCUT2D eigenvalue weighted by atomic mass is 35.5. The summed E-state index contributed by atoms with van der Waals surface area (Å²) in [5.74, 6) is 0.905. The maximum Gasteiger partial charge on any atom is 0.322 e. The molecule has 0 spiro atoms. The molecule has 25 heavy (non-hydrogen) atoms. The fourth-order valence-corrected chi connectivity index (χ4v) is 2.32. The molecule has 0 saturated heterocycles. The van der Waals surface area contributed by atoms with E-state index in [-0.39, 0.29) is 17.5 Å². The molecule has 3 rings (SSSR count). The van der Waals surface area contributed by atoms with Crippen molar-refractivity contribution in [3.8, 4) is 23.0 Å². The first kappa shape index (κ1) is 16.8. The molecule has 0 bridgehead atoms. The van der Waals surface area contributed by atoms with E-state index >= 15 is 0 Å². The van der Waals surface area contributed by atoms with Crippen LogP contribution in [0.1, 0.15) is 10.4 Å². The van der Waals surface area contributed by atoms with E-state index in [9.17, 15) is 4.79 Å². The molecule has 2 aromatic carbocycles. The summed E-state index contributed by atoms with van der Waals surface area (Å²) >= 11 is 5.93. The minimum atomic E-state index is -0.468. The summed E-state index contributed by atoms with van der Waals surface area (Å²) in [6, 6.07) is 11.8. The van der Waals surface area contributed by atoms with Crippen molar-refractivity contribution in [3.05, 3.63) is 53.1 Å². The molecule has 1 amide bonds. The summed E-state index contributed by atoms with van der Waals surface area (Å²) in [7, 11) is 3.05. The van der Waals surface area contributed by atoms with E-state index in [2.05, 4.69) is 15.5 Å². The summed E-state index contributed by atoms with van der Waals surface area (Å²) in [6.45, 7) is 0. The number of benzene rings is 2. The number of anilines is 1. The second-order valence-corrected chi connectivity index (χ2v) is 5.38. The Labute approximate surface area is 148 Å². The molecule has 7 nitrogen and oxygen atoms in total. The van der Waals surface area contributed by atoms with E-state index < -0.39 is 5.91 Å². The van der Waals surface area contributed by atoms with Crippen LogP contribution in [0.2, 0.25) is 5.02 Å². The van der Waals surface area contributed by atoms with Crippen molar-refractivity contribution >= 4 is 23.5 Å². The summed E-state index contributed by atoms with van der Waals surface area (Å²) in [5.41, 5.74) is 0.966. The van der Waals surface area contributed by atoms with Gasteiger partial charge in [0.25, 0.3) is 5.91 Å². The Bertz CT molecular complexity index is 893. The van der Waals surface area contributed by atoms with Gasteiger partial charge in [0.05, 0.1) is 19.8 Å². The van der Waals surface area contributed by atoms with Gasteiger partial charge >= 0.3 is 6.01 Å². The zero-order valence-corrected chi connectivity index (χ0v) is 14.2. The van der Waals surface area contributed by atoms with Gasteiger partial charge in [-0.2, -0.15) is 0 Å². The van der Waals surface area contributed by atoms with E-state index in [4.69, 9.17) is 25.5 Å². The minimum absolute atomic E-state index is 0.0298. The molecule has 3 aromatic rings. The third kappa shape index (κ3) is 3.72. The van der Waals surface area contributed by atoms with Gasteiger partial charge in [-0.1, -0.05) is 16.7 Å². The van der Waals surface area contributed by atoms with Crippen LogP contribution in [0.15, 0.2) is 46.9 Å². The number of hydrogen-bond donors (Lipinski definition) is 1. The van der Waals surface area contributed by atoms with Crippen LogP contribution in [0.4, 0.5) is 6.01 Å². The van der Waals surface area contributed by atoms with Crippen molar-refractivity contribution in [1.29, 1.82) is 0 Å². The number of rotatable bonds is 5. The number of hydrogen-bond acceptors (Lipinski definition) is 6. The number of methoxy groups -OCH3 is 2. The second kappa shape index (κ2) is 7.23. The van der Waals surface area contributed by atoms with Crippen LogP contribution in [0, 0.1) is 0 Å². The van der Waals surface area contributed by atoms with Crippen molar-refractivity contribution in [2.24, 2.45) is 0 Å². The Morgan fingerprint density at radius 3 is 2.52 bits per heavy atom. The van der Waals surface area contributed by atoms with Gasteiger partial charge in [-0.25, -0.2) is 0 Å². The van der Waals surface area contributed by atoms with Crippen molar-refractivity contribution in [1.82, 2.24) is 10.2 Å². The van der Waals surface area contributed by atoms with Gasteiger partial charge < -0.3 is 13.9 Å². The average Bonchev–Trinajstić information content (AvgIpc) is 3.10. The Morgan fingerprint density at radius 1 is 1.08 bits per heavy atom. The van der Waals surface area contributed by atoms with Gasteiger partial charge in [0.2, 0.25) is 5.89 Å². The van der Waals surface area contributed by atoms with Crippen LogP contribution < -0.4 is 14.8 Å². The fourth-order valence-electron chi connectivity index (χ4n) is 2.15. The van der Waals surface area contributed by atoms with Gasteiger partial charge in [0.15, 0.2) is 0 Å². The summed E-state index contributed by atoms with van der Waals surface area (Å²) in [6.07, 6.45) is 0. The summed E-state index contributed by atoms with van der Waals surface area (Å²) in [4.78, 5) is 12.4. The molecular weight excluding hydrogens is 346 g/mol. The Hall–Kier alpha value is -3.06. The molecule has 128 valence electrons. The average molecular weight is 360 g/mol. The Kier molecular flexibility index (Phi) is 4.85. The maximum atomic E-state index is 12.4. The molecule has 0 atom stereocenters. The van der Waals surface area contributed by atoms with Crippen molar-refractivity contribution < 1.29 is 18.7 Å². The first-order chi connectivity index (χ1) is 12.1. The molecule has 0 aliphatic carbocycles. The predicted molar refractivity (Wildman–Crippen MR) is 92.2 cm³/mol. The van der Waals surface area contributed by atoms with Crippen LogP contribution in [0.25, 0.3) is 11.5 Å². The summed E-state index contributed by atoms with van der Waals surface area (Å²) < 4.78 is 15.7. The molecule has 0 aliphatic heterocycles. The molecule has 8 heteroatoms.